The minimum absolute atomic E-state index is 0.0256. The van der Waals surface area contributed by atoms with Gasteiger partial charge in [-0.1, -0.05) is 30.7 Å². The van der Waals surface area contributed by atoms with Crippen molar-refractivity contribution in [1.29, 1.82) is 0 Å². The number of carbonyl (C=O) groups excluding carboxylic acids is 3. The van der Waals surface area contributed by atoms with Gasteiger partial charge in [0.2, 0.25) is 17.7 Å². The van der Waals surface area contributed by atoms with Crippen LogP contribution < -0.4 is 5.32 Å². The molecule has 3 rings (SSSR count). The van der Waals surface area contributed by atoms with E-state index < -0.39 is 11.7 Å². The SMILES string of the molecule is O=C(CCN1C(=O)C2CCCCC2C1=O)NCC#Cc1cccc(C(F)(F)F)c1. The molecule has 1 aromatic carbocycles. The van der Waals surface area contributed by atoms with Crippen LogP contribution in [0.4, 0.5) is 13.2 Å². The van der Waals surface area contributed by atoms with Crippen LogP contribution in [0.1, 0.15) is 43.2 Å². The Morgan fingerprint density at radius 3 is 2.41 bits per heavy atom. The van der Waals surface area contributed by atoms with Gasteiger partial charge in [0.05, 0.1) is 23.9 Å². The number of nitrogens with one attached hydrogen (secondary N) is 1. The molecule has 2 atom stereocenters. The molecule has 29 heavy (non-hydrogen) atoms. The molecule has 1 saturated heterocycles. The lowest BCUT2D eigenvalue weighted by Crippen LogP contribution is -2.35. The summed E-state index contributed by atoms with van der Waals surface area (Å²) in [6.45, 7) is -0.000220. The predicted molar refractivity (Wildman–Crippen MR) is 98.1 cm³/mol. The minimum Gasteiger partial charge on any atom is -0.345 e. The smallest absolute Gasteiger partial charge is 0.345 e. The summed E-state index contributed by atoms with van der Waals surface area (Å²) in [6.07, 6.45) is -1.12. The summed E-state index contributed by atoms with van der Waals surface area (Å²) in [5.41, 5.74) is -0.584. The maximum Gasteiger partial charge on any atom is 0.416 e. The van der Waals surface area contributed by atoms with Crippen LogP contribution in [-0.2, 0) is 20.6 Å². The molecular weight excluding hydrogens is 385 g/mol. The molecule has 1 saturated carbocycles. The normalized spacial score (nSPS) is 21.4. The van der Waals surface area contributed by atoms with E-state index in [1.807, 2.05) is 0 Å². The number of rotatable bonds is 4. The molecule has 154 valence electrons. The zero-order valence-corrected chi connectivity index (χ0v) is 15.7. The van der Waals surface area contributed by atoms with Gasteiger partial charge in [-0.15, -0.1) is 0 Å². The van der Waals surface area contributed by atoms with Crippen molar-refractivity contribution >= 4 is 17.7 Å². The van der Waals surface area contributed by atoms with Crippen LogP contribution in [-0.4, -0.2) is 35.7 Å². The second kappa shape index (κ2) is 8.68. The van der Waals surface area contributed by atoms with Crippen molar-refractivity contribution in [2.45, 2.75) is 38.3 Å². The molecule has 5 nitrogen and oxygen atoms in total. The van der Waals surface area contributed by atoms with Gasteiger partial charge in [0.1, 0.15) is 0 Å². The molecular formula is C21H21F3N2O3. The van der Waals surface area contributed by atoms with Gasteiger partial charge < -0.3 is 5.32 Å². The van der Waals surface area contributed by atoms with Crippen molar-refractivity contribution in [3.05, 3.63) is 35.4 Å². The Morgan fingerprint density at radius 2 is 1.79 bits per heavy atom. The monoisotopic (exact) mass is 406 g/mol. The van der Waals surface area contributed by atoms with Gasteiger partial charge in [-0.05, 0) is 31.0 Å². The number of benzene rings is 1. The van der Waals surface area contributed by atoms with E-state index in [0.717, 1.165) is 37.8 Å². The predicted octanol–water partition coefficient (Wildman–Crippen LogP) is 2.74. The molecule has 1 heterocycles. The third-order valence-corrected chi connectivity index (χ3v) is 5.29. The number of imide groups is 1. The maximum absolute atomic E-state index is 12.7. The van der Waals surface area contributed by atoms with Crippen LogP contribution in [0.15, 0.2) is 24.3 Å². The van der Waals surface area contributed by atoms with Crippen LogP contribution in [0.25, 0.3) is 0 Å². The van der Waals surface area contributed by atoms with Gasteiger partial charge in [-0.2, -0.15) is 13.2 Å². The molecule has 2 aliphatic rings. The van der Waals surface area contributed by atoms with E-state index in [1.165, 1.54) is 17.0 Å². The highest BCUT2D eigenvalue weighted by Crippen LogP contribution is 2.38. The third-order valence-electron chi connectivity index (χ3n) is 5.29. The Bertz CT molecular complexity index is 846. The summed E-state index contributed by atoms with van der Waals surface area (Å²) >= 11 is 0. The fourth-order valence-electron chi connectivity index (χ4n) is 3.82. The van der Waals surface area contributed by atoms with Gasteiger partial charge in [-0.25, -0.2) is 0 Å². The molecule has 0 bridgehead atoms. The molecule has 3 amide bonds. The first-order chi connectivity index (χ1) is 13.8. The zero-order chi connectivity index (χ0) is 21.0. The van der Waals surface area contributed by atoms with E-state index in [0.29, 0.717) is 0 Å². The first kappa shape index (κ1) is 20.9. The van der Waals surface area contributed by atoms with E-state index in [4.69, 9.17) is 0 Å². The first-order valence-electron chi connectivity index (χ1n) is 9.55. The van der Waals surface area contributed by atoms with E-state index in [9.17, 15) is 27.6 Å². The van der Waals surface area contributed by atoms with Gasteiger partial charge in [0.25, 0.3) is 0 Å². The Hall–Kier alpha value is -2.82. The Morgan fingerprint density at radius 1 is 1.14 bits per heavy atom. The van der Waals surface area contributed by atoms with Gasteiger partial charge >= 0.3 is 6.18 Å². The van der Waals surface area contributed by atoms with Crippen molar-refractivity contribution in [3.63, 3.8) is 0 Å². The number of likely N-dealkylation sites (tertiary alicyclic amines) is 1. The summed E-state index contributed by atoms with van der Waals surface area (Å²) in [6, 6.07) is 4.63. The van der Waals surface area contributed by atoms with Crippen LogP contribution in [0, 0.1) is 23.7 Å². The Kier molecular flexibility index (Phi) is 6.26. The zero-order valence-electron chi connectivity index (χ0n) is 15.7. The minimum atomic E-state index is -4.44. The molecule has 2 fully saturated rings. The number of halogens is 3. The van der Waals surface area contributed by atoms with Crippen molar-refractivity contribution in [1.82, 2.24) is 10.2 Å². The Labute approximate surface area is 166 Å². The van der Waals surface area contributed by atoms with Crippen molar-refractivity contribution < 1.29 is 27.6 Å². The lowest BCUT2D eigenvalue weighted by Gasteiger charge is -2.19. The highest BCUT2D eigenvalue weighted by atomic mass is 19.4. The van der Waals surface area contributed by atoms with Crippen molar-refractivity contribution in [2.24, 2.45) is 11.8 Å². The van der Waals surface area contributed by atoms with E-state index in [1.54, 1.807) is 0 Å². The molecule has 2 unspecified atom stereocenters. The number of fused-ring (bicyclic) bond motifs is 1. The standard InChI is InChI=1S/C21H21F3N2O3/c22-21(23,24)15-7-3-5-14(13-15)6-4-11-25-18(27)10-12-26-19(28)16-8-1-2-9-17(16)20(26)29/h3,5,7,13,16-17H,1-2,8-12H2,(H,25,27). The van der Waals surface area contributed by atoms with E-state index >= 15 is 0 Å². The lowest BCUT2D eigenvalue weighted by atomic mass is 9.81. The fourth-order valence-corrected chi connectivity index (χ4v) is 3.82. The molecule has 1 aliphatic carbocycles. The second-order valence-electron chi connectivity index (χ2n) is 7.23. The number of hydrogen-bond acceptors (Lipinski definition) is 3. The quantitative estimate of drug-likeness (QED) is 0.618. The molecule has 1 N–H and O–H groups in total. The number of alkyl halides is 3. The summed E-state index contributed by atoms with van der Waals surface area (Å²) in [4.78, 5) is 37.8. The van der Waals surface area contributed by atoms with Crippen LogP contribution >= 0.6 is 0 Å². The van der Waals surface area contributed by atoms with Gasteiger partial charge in [0.15, 0.2) is 0 Å². The lowest BCUT2D eigenvalue weighted by molar-refractivity contribution is -0.140. The number of hydrogen-bond donors (Lipinski definition) is 1. The van der Waals surface area contributed by atoms with E-state index in [-0.39, 0.29) is 54.6 Å². The summed E-state index contributed by atoms with van der Waals surface area (Å²) in [7, 11) is 0. The molecule has 1 aromatic rings. The maximum atomic E-state index is 12.7. The summed E-state index contributed by atoms with van der Waals surface area (Å²) < 4.78 is 38.0. The molecule has 1 aliphatic heterocycles. The average Bonchev–Trinajstić information content (AvgIpc) is 2.94. The molecule has 0 aromatic heterocycles. The molecule has 8 heteroatoms. The van der Waals surface area contributed by atoms with Crippen molar-refractivity contribution in [2.75, 3.05) is 13.1 Å². The van der Waals surface area contributed by atoms with E-state index in [2.05, 4.69) is 17.2 Å². The topological polar surface area (TPSA) is 66.5 Å². The number of carbonyl (C=O) groups is 3. The Balaban J connectivity index is 1.46. The number of amides is 3. The summed E-state index contributed by atoms with van der Waals surface area (Å²) in [5.74, 6) is 3.96. The van der Waals surface area contributed by atoms with Gasteiger partial charge in [-0.3, -0.25) is 19.3 Å². The summed E-state index contributed by atoms with van der Waals surface area (Å²) in [5, 5.41) is 2.53. The van der Waals surface area contributed by atoms with Crippen molar-refractivity contribution in [3.8, 4) is 11.8 Å². The van der Waals surface area contributed by atoms with Gasteiger partial charge in [0, 0.05) is 18.5 Å². The highest BCUT2D eigenvalue weighted by molar-refractivity contribution is 6.05. The second-order valence-corrected chi connectivity index (χ2v) is 7.23. The van der Waals surface area contributed by atoms with Crippen LogP contribution in [0.5, 0.6) is 0 Å². The van der Waals surface area contributed by atoms with Crippen LogP contribution in [0.3, 0.4) is 0 Å². The third kappa shape index (κ3) is 4.97. The molecule has 0 radical (unpaired) electrons. The van der Waals surface area contributed by atoms with Crippen LogP contribution in [0.2, 0.25) is 0 Å². The fraction of sp³-hybridized carbons (Fsp3) is 0.476. The first-order valence-corrected chi connectivity index (χ1v) is 9.55. The molecule has 0 spiro atoms. The highest BCUT2D eigenvalue weighted by Gasteiger charge is 2.47. The number of nitrogens with zero attached hydrogens (tertiary/aromatic N) is 1. The largest absolute Gasteiger partial charge is 0.416 e. The average molecular weight is 406 g/mol.